The van der Waals surface area contributed by atoms with Crippen molar-refractivity contribution in [3.63, 3.8) is 0 Å². The highest BCUT2D eigenvalue weighted by Gasteiger charge is 2.28. The van der Waals surface area contributed by atoms with Gasteiger partial charge in [-0.3, -0.25) is 4.98 Å². The van der Waals surface area contributed by atoms with E-state index in [1.807, 2.05) is 6.07 Å². The smallest absolute Gasteiger partial charge is 0.0705 e. The van der Waals surface area contributed by atoms with Crippen molar-refractivity contribution in [3.8, 4) is 0 Å². The van der Waals surface area contributed by atoms with Crippen LogP contribution in [0.3, 0.4) is 0 Å². The van der Waals surface area contributed by atoms with Crippen molar-refractivity contribution in [2.75, 3.05) is 0 Å². The molecule has 0 fully saturated rings. The molecule has 1 heterocycles. The molecule has 0 unspecified atom stereocenters. The van der Waals surface area contributed by atoms with Crippen LogP contribution in [0, 0.1) is 11.5 Å². The lowest BCUT2D eigenvalue weighted by Gasteiger charge is -2.16. The van der Waals surface area contributed by atoms with Gasteiger partial charge in [0.25, 0.3) is 0 Å². The summed E-state index contributed by atoms with van der Waals surface area (Å²) in [5, 5.41) is 1.20. The topological polar surface area (TPSA) is 12.9 Å². The predicted molar refractivity (Wildman–Crippen MR) is 84.4 cm³/mol. The minimum Gasteiger partial charge on any atom is -0.252 e. The molecule has 101 valence electrons. The molecule has 0 spiro atoms. The highest BCUT2D eigenvalue weighted by Crippen LogP contribution is 2.40. The van der Waals surface area contributed by atoms with Gasteiger partial charge in [-0.1, -0.05) is 43.7 Å². The predicted octanol–water partition coefficient (Wildman–Crippen LogP) is 4.88. The second-order valence-corrected chi connectivity index (χ2v) is 6.15. The van der Waals surface area contributed by atoms with Gasteiger partial charge in [0.2, 0.25) is 0 Å². The summed E-state index contributed by atoms with van der Waals surface area (Å²) in [6.45, 7) is 8.87. The largest absolute Gasteiger partial charge is 0.252 e. The minimum atomic E-state index is 0.0657. The first kappa shape index (κ1) is 13.1. The molecule has 1 aliphatic rings. The summed E-state index contributed by atoms with van der Waals surface area (Å²) in [5.74, 6) is 0. The Bertz CT molecular complexity index is 732. The van der Waals surface area contributed by atoms with Crippen LogP contribution in [0.5, 0.6) is 0 Å². The second-order valence-electron chi connectivity index (χ2n) is 6.15. The van der Waals surface area contributed by atoms with Crippen LogP contribution in [0.2, 0.25) is 0 Å². The Morgan fingerprint density at radius 3 is 2.50 bits per heavy atom. The summed E-state index contributed by atoms with van der Waals surface area (Å²) in [5.41, 5.74) is 6.36. The number of benzene rings is 1. The zero-order valence-electron chi connectivity index (χ0n) is 12.6. The monoisotopic (exact) mass is 262 g/mol. The number of allylic oxidation sites excluding steroid dienone is 4. The van der Waals surface area contributed by atoms with Crippen LogP contribution in [-0.4, -0.2) is 4.98 Å². The lowest BCUT2D eigenvalue weighted by molar-refractivity contribution is 0.568. The summed E-state index contributed by atoms with van der Waals surface area (Å²) in [7, 11) is 0. The van der Waals surface area contributed by atoms with Gasteiger partial charge in [0.15, 0.2) is 0 Å². The first-order valence-electron chi connectivity index (χ1n) is 7.14. The molecule has 0 bridgehead atoms. The minimum absolute atomic E-state index is 0.0657. The number of rotatable bonds is 2. The van der Waals surface area contributed by atoms with Gasteiger partial charge in [-0.25, -0.2) is 0 Å². The van der Waals surface area contributed by atoms with E-state index in [-0.39, 0.29) is 5.41 Å². The lowest BCUT2D eigenvalue weighted by atomic mass is 9.88. The molecule has 20 heavy (non-hydrogen) atoms. The van der Waals surface area contributed by atoms with Gasteiger partial charge in [0.1, 0.15) is 0 Å². The Hall–Kier alpha value is -1.89. The van der Waals surface area contributed by atoms with Gasteiger partial charge in [-0.15, -0.1) is 0 Å². The summed E-state index contributed by atoms with van der Waals surface area (Å²) in [6, 6.07) is 12.6. The molecule has 1 aromatic heterocycles. The second kappa shape index (κ2) is 4.59. The number of pyridine rings is 1. The third-order valence-corrected chi connectivity index (χ3v) is 4.43. The van der Waals surface area contributed by atoms with Crippen LogP contribution in [0.25, 0.3) is 10.9 Å². The van der Waals surface area contributed by atoms with Crippen molar-refractivity contribution in [2.24, 2.45) is 5.41 Å². The van der Waals surface area contributed by atoms with E-state index < -0.39 is 0 Å². The zero-order valence-corrected chi connectivity index (χ0v) is 12.6. The van der Waals surface area contributed by atoms with Crippen LogP contribution in [0.15, 0.2) is 53.1 Å². The van der Waals surface area contributed by atoms with Gasteiger partial charge in [0, 0.05) is 22.9 Å². The maximum Gasteiger partial charge on any atom is 0.0705 e. The van der Waals surface area contributed by atoms with Crippen molar-refractivity contribution in [1.29, 1.82) is 0 Å². The third kappa shape index (κ3) is 2.18. The summed E-state index contributed by atoms with van der Waals surface area (Å²) in [6.07, 6.45) is 4.50. The van der Waals surface area contributed by atoms with Gasteiger partial charge in [0.05, 0.1) is 5.52 Å². The van der Waals surface area contributed by atoms with E-state index in [1.54, 1.807) is 0 Å². The molecule has 1 radical (unpaired) electrons. The van der Waals surface area contributed by atoms with Crippen molar-refractivity contribution in [1.82, 2.24) is 4.98 Å². The SMILES string of the molecule is CC1=C(C)C(C)(C)[C]=C1Cc1ccc2ccccc2n1. The Labute approximate surface area is 121 Å². The quantitative estimate of drug-likeness (QED) is 0.751. The normalized spacial score (nSPS) is 17.7. The maximum atomic E-state index is 4.76. The average molecular weight is 262 g/mol. The fourth-order valence-electron chi connectivity index (χ4n) is 2.82. The van der Waals surface area contributed by atoms with Crippen molar-refractivity contribution >= 4 is 10.9 Å². The highest BCUT2D eigenvalue weighted by atomic mass is 14.7. The van der Waals surface area contributed by atoms with Crippen LogP contribution < -0.4 is 0 Å². The average Bonchev–Trinajstić information content (AvgIpc) is 2.62. The first-order valence-corrected chi connectivity index (χ1v) is 7.14. The van der Waals surface area contributed by atoms with Gasteiger partial charge >= 0.3 is 0 Å². The molecule has 0 N–H and O–H groups in total. The van der Waals surface area contributed by atoms with E-state index in [0.717, 1.165) is 17.6 Å². The Kier molecular flexibility index (Phi) is 3.01. The first-order chi connectivity index (χ1) is 9.47. The Balaban J connectivity index is 1.95. The number of hydrogen-bond acceptors (Lipinski definition) is 1. The van der Waals surface area contributed by atoms with Crippen molar-refractivity contribution in [2.45, 2.75) is 34.1 Å². The summed E-state index contributed by atoms with van der Waals surface area (Å²) in [4.78, 5) is 4.76. The van der Waals surface area contributed by atoms with Gasteiger partial charge in [-0.05, 0) is 43.2 Å². The molecule has 1 heteroatoms. The third-order valence-electron chi connectivity index (χ3n) is 4.43. The highest BCUT2D eigenvalue weighted by molar-refractivity contribution is 5.78. The molecular weight excluding hydrogens is 242 g/mol. The fraction of sp³-hybridized carbons (Fsp3) is 0.316. The van der Waals surface area contributed by atoms with E-state index in [4.69, 9.17) is 4.98 Å². The van der Waals surface area contributed by atoms with E-state index in [9.17, 15) is 0 Å². The molecule has 1 aromatic carbocycles. The Morgan fingerprint density at radius 2 is 1.80 bits per heavy atom. The van der Waals surface area contributed by atoms with E-state index in [2.05, 4.69) is 64.1 Å². The summed E-state index contributed by atoms with van der Waals surface area (Å²) >= 11 is 0. The van der Waals surface area contributed by atoms with Crippen molar-refractivity contribution < 1.29 is 0 Å². The van der Waals surface area contributed by atoms with Crippen LogP contribution in [-0.2, 0) is 6.42 Å². The van der Waals surface area contributed by atoms with E-state index >= 15 is 0 Å². The molecule has 0 amide bonds. The fourth-order valence-corrected chi connectivity index (χ4v) is 2.82. The molecule has 1 aliphatic carbocycles. The molecule has 2 aromatic rings. The number of fused-ring (bicyclic) bond motifs is 1. The molecule has 0 saturated carbocycles. The van der Waals surface area contributed by atoms with Crippen molar-refractivity contribution in [3.05, 3.63) is 64.9 Å². The van der Waals surface area contributed by atoms with Gasteiger partial charge < -0.3 is 0 Å². The zero-order chi connectivity index (χ0) is 14.3. The van der Waals surface area contributed by atoms with E-state index in [0.29, 0.717) is 0 Å². The number of aromatic nitrogens is 1. The van der Waals surface area contributed by atoms with E-state index in [1.165, 1.54) is 22.1 Å². The molecule has 0 aliphatic heterocycles. The number of nitrogens with zero attached hydrogens (tertiary/aromatic N) is 1. The molecular formula is C19H20N. The standard InChI is InChI=1S/C19H20N/c1-13-14(2)19(3,4)12-16(13)11-17-10-9-15-7-5-6-8-18(15)20-17/h5-10H,11H2,1-4H3. The number of para-hydroxylation sites is 1. The van der Waals surface area contributed by atoms with Crippen LogP contribution in [0.1, 0.15) is 33.4 Å². The molecule has 1 nitrogen and oxygen atoms in total. The molecule has 0 saturated heterocycles. The molecule has 0 atom stereocenters. The summed E-state index contributed by atoms with van der Waals surface area (Å²) < 4.78 is 0. The number of hydrogen-bond donors (Lipinski definition) is 0. The molecule has 3 rings (SSSR count). The maximum absolute atomic E-state index is 4.76. The lowest BCUT2D eigenvalue weighted by Crippen LogP contribution is -2.06. The van der Waals surface area contributed by atoms with Gasteiger partial charge in [-0.2, -0.15) is 0 Å². The van der Waals surface area contributed by atoms with Crippen LogP contribution in [0.4, 0.5) is 0 Å². The van der Waals surface area contributed by atoms with Crippen LogP contribution >= 0.6 is 0 Å². The Morgan fingerprint density at radius 1 is 1.05 bits per heavy atom.